The molecule has 0 radical (unpaired) electrons. The SMILES string of the molecule is Cc1c(O)cccc1C(=O)NCC1CC2CCC1C2. The molecule has 2 N–H and O–H groups in total. The van der Waals surface area contributed by atoms with Gasteiger partial charge in [-0.1, -0.05) is 12.5 Å². The number of hydrogen-bond donors (Lipinski definition) is 2. The van der Waals surface area contributed by atoms with Gasteiger partial charge in [0.2, 0.25) is 0 Å². The molecule has 0 spiro atoms. The van der Waals surface area contributed by atoms with Crippen LogP contribution in [0.3, 0.4) is 0 Å². The van der Waals surface area contributed by atoms with Gasteiger partial charge in [-0.3, -0.25) is 4.79 Å². The highest BCUT2D eigenvalue weighted by Crippen LogP contribution is 2.47. The van der Waals surface area contributed by atoms with Crippen molar-refractivity contribution in [3.05, 3.63) is 29.3 Å². The number of carbonyl (C=O) groups is 1. The molecule has 1 aromatic carbocycles. The number of phenols is 1. The van der Waals surface area contributed by atoms with Crippen molar-refractivity contribution in [1.29, 1.82) is 0 Å². The van der Waals surface area contributed by atoms with E-state index in [1.165, 1.54) is 25.7 Å². The number of amides is 1. The normalized spacial score (nSPS) is 28.6. The number of carbonyl (C=O) groups excluding carboxylic acids is 1. The third-order valence-electron chi connectivity index (χ3n) is 4.96. The van der Waals surface area contributed by atoms with E-state index >= 15 is 0 Å². The molecule has 102 valence electrons. The van der Waals surface area contributed by atoms with Gasteiger partial charge >= 0.3 is 0 Å². The Morgan fingerprint density at radius 1 is 1.37 bits per heavy atom. The summed E-state index contributed by atoms with van der Waals surface area (Å²) in [6.07, 6.45) is 5.38. The van der Waals surface area contributed by atoms with Gasteiger partial charge in [-0.25, -0.2) is 0 Å². The van der Waals surface area contributed by atoms with Gasteiger partial charge in [0.1, 0.15) is 5.75 Å². The minimum Gasteiger partial charge on any atom is -0.508 e. The molecule has 2 aliphatic rings. The minimum absolute atomic E-state index is 0.0591. The van der Waals surface area contributed by atoms with Crippen LogP contribution in [0.4, 0.5) is 0 Å². The van der Waals surface area contributed by atoms with Crippen LogP contribution in [0.2, 0.25) is 0 Å². The Bertz CT molecular complexity index is 498. The van der Waals surface area contributed by atoms with E-state index in [9.17, 15) is 9.90 Å². The van der Waals surface area contributed by atoms with Crippen LogP contribution in [0.25, 0.3) is 0 Å². The molecule has 3 nitrogen and oxygen atoms in total. The Morgan fingerprint density at radius 2 is 2.21 bits per heavy atom. The molecule has 0 saturated heterocycles. The second-order valence-electron chi connectivity index (χ2n) is 6.09. The fraction of sp³-hybridized carbons (Fsp3) is 0.562. The van der Waals surface area contributed by atoms with E-state index in [-0.39, 0.29) is 11.7 Å². The Morgan fingerprint density at radius 3 is 2.89 bits per heavy atom. The number of hydrogen-bond acceptors (Lipinski definition) is 2. The largest absolute Gasteiger partial charge is 0.508 e. The summed E-state index contributed by atoms with van der Waals surface area (Å²) in [5.74, 6) is 2.54. The molecule has 3 atom stereocenters. The first kappa shape index (κ1) is 12.5. The van der Waals surface area contributed by atoms with Gasteiger partial charge in [-0.05, 0) is 56.1 Å². The van der Waals surface area contributed by atoms with Gasteiger partial charge in [0, 0.05) is 17.7 Å². The highest BCUT2D eigenvalue weighted by atomic mass is 16.3. The van der Waals surface area contributed by atoms with Crippen molar-refractivity contribution < 1.29 is 9.90 Å². The summed E-state index contributed by atoms with van der Waals surface area (Å²) in [5, 5.41) is 12.7. The van der Waals surface area contributed by atoms with Crippen LogP contribution in [0.5, 0.6) is 5.75 Å². The van der Waals surface area contributed by atoms with E-state index in [1.807, 2.05) is 0 Å². The van der Waals surface area contributed by atoms with Gasteiger partial charge in [0.05, 0.1) is 0 Å². The molecular formula is C16H21NO2. The van der Waals surface area contributed by atoms with Crippen LogP contribution >= 0.6 is 0 Å². The predicted molar refractivity (Wildman–Crippen MR) is 74.1 cm³/mol. The zero-order chi connectivity index (χ0) is 13.4. The van der Waals surface area contributed by atoms with Crippen LogP contribution in [-0.2, 0) is 0 Å². The lowest BCUT2D eigenvalue weighted by molar-refractivity contribution is 0.0940. The van der Waals surface area contributed by atoms with E-state index in [2.05, 4.69) is 5.32 Å². The summed E-state index contributed by atoms with van der Waals surface area (Å²) in [4.78, 5) is 12.2. The third kappa shape index (κ3) is 2.34. The highest BCUT2D eigenvalue weighted by molar-refractivity contribution is 5.96. The Hall–Kier alpha value is -1.51. The number of benzene rings is 1. The molecule has 2 saturated carbocycles. The number of aromatic hydroxyl groups is 1. The molecule has 2 fully saturated rings. The van der Waals surface area contributed by atoms with Crippen LogP contribution < -0.4 is 5.32 Å². The summed E-state index contributed by atoms with van der Waals surface area (Å²) in [7, 11) is 0. The van der Waals surface area contributed by atoms with Gasteiger partial charge in [0.15, 0.2) is 0 Å². The van der Waals surface area contributed by atoms with Gasteiger partial charge in [-0.2, -0.15) is 0 Å². The molecule has 3 heteroatoms. The maximum absolute atomic E-state index is 12.2. The van der Waals surface area contributed by atoms with Crippen molar-refractivity contribution in [3.63, 3.8) is 0 Å². The van der Waals surface area contributed by atoms with E-state index in [1.54, 1.807) is 25.1 Å². The standard InChI is InChI=1S/C16H21NO2/c1-10-14(3-2-4-15(10)18)16(19)17-9-13-8-11-5-6-12(13)7-11/h2-4,11-13,18H,5-9H2,1H3,(H,17,19). The number of fused-ring (bicyclic) bond motifs is 2. The molecule has 19 heavy (non-hydrogen) atoms. The summed E-state index contributed by atoms with van der Waals surface area (Å²) in [6, 6.07) is 5.10. The number of rotatable bonds is 3. The summed E-state index contributed by atoms with van der Waals surface area (Å²) >= 11 is 0. The second-order valence-corrected chi connectivity index (χ2v) is 6.09. The van der Waals surface area contributed by atoms with Crippen LogP contribution in [-0.4, -0.2) is 17.6 Å². The first-order valence-electron chi connectivity index (χ1n) is 7.22. The molecule has 2 bridgehead atoms. The first-order chi connectivity index (χ1) is 9.15. The fourth-order valence-electron chi connectivity index (χ4n) is 3.81. The Balaban J connectivity index is 1.61. The average Bonchev–Trinajstić information content (AvgIpc) is 3.01. The summed E-state index contributed by atoms with van der Waals surface area (Å²) < 4.78 is 0. The second kappa shape index (κ2) is 4.87. The number of phenolic OH excluding ortho intramolecular Hbond substituents is 1. The predicted octanol–water partition coefficient (Wildman–Crippen LogP) is 2.87. The maximum Gasteiger partial charge on any atom is 0.251 e. The topological polar surface area (TPSA) is 49.3 Å². The average molecular weight is 259 g/mol. The molecule has 0 heterocycles. The smallest absolute Gasteiger partial charge is 0.251 e. The molecule has 3 rings (SSSR count). The van der Waals surface area contributed by atoms with Gasteiger partial charge in [0.25, 0.3) is 5.91 Å². The Labute approximate surface area is 114 Å². The lowest BCUT2D eigenvalue weighted by Crippen LogP contribution is -2.31. The van der Waals surface area contributed by atoms with Crippen molar-refractivity contribution in [3.8, 4) is 5.75 Å². The minimum atomic E-state index is -0.0591. The zero-order valence-corrected chi connectivity index (χ0v) is 11.4. The Kier molecular flexibility index (Phi) is 3.21. The zero-order valence-electron chi connectivity index (χ0n) is 11.4. The molecule has 3 unspecified atom stereocenters. The van der Waals surface area contributed by atoms with Crippen molar-refractivity contribution in [1.82, 2.24) is 5.32 Å². The molecule has 0 aliphatic heterocycles. The molecule has 0 aromatic heterocycles. The first-order valence-corrected chi connectivity index (χ1v) is 7.22. The maximum atomic E-state index is 12.2. The van der Waals surface area contributed by atoms with E-state index < -0.39 is 0 Å². The third-order valence-corrected chi connectivity index (χ3v) is 4.96. The lowest BCUT2D eigenvalue weighted by atomic mass is 9.89. The molecule has 2 aliphatic carbocycles. The molecule has 1 amide bonds. The highest BCUT2D eigenvalue weighted by Gasteiger charge is 2.39. The molecule has 1 aromatic rings. The van der Waals surface area contributed by atoms with Gasteiger partial charge in [-0.15, -0.1) is 0 Å². The summed E-state index contributed by atoms with van der Waals surface area (Å²) in [5.41, 5.74) is 1.25. The van der Waals surface area contributed by atoms with Crippen LogP contribution in [0.1, 0.15) is 41.6 Å². The quantitative estimate of drug-likeness (QED) is 0.877. The van der Waals surface area contributed by atoms with Crippen molar-refractivity contribution in [2.75, 3.05) is 6.54 Å². The summed E-state index contributed by atoms with van der Waals surface area (Å²) in [6.45, 7) is 2.57. The van der Waals surface area contributed by atoms with Crippen LogP contribution in [0.15, 0.2) is 18.2 Å². The lowest BCUT2D eigenvalue weighted by Gasteiger charge is -2.22. The fourth-order valence-corrected chi connectivity index (χ4v) is 3.81. The molecular weight excluding hydrogens is 238 g/mol. The monoisotopic (exact) mass is 259 g/mol. The van der Waals surface area contributed by atoms with Crippen molar-refractivity contribution in [2.24, 2.45) is 17.8 Å². The van der Waals surface area contributed by atoms with E-state index in [0.29, 0.717) is 17.0 Å². The van der Waals surface area contributed by atoms with Crippen molar-refractivity contribution >= 4 is 5.91 Å². The van der Waals surface area contributed by atoms with E-state index in [4.69, 9.17) is 0 Å². The van der Waals surface area contributed by atoms with Gasteiger partial charge < -0.3 is 10.4 Å². The van der Waals surface area contributed by atoms with Crippen LogP contribution in [0, 0.1) is 24.7 Å². The van der Waals surface area contributed by atoms with E-state index in [0.717, 1.165) is 18.4 Å². The number of nitrogens with one attached hydrogen (secondary N) is 1. The van der Waals surface area contributed by atoms with Crippen molar-refractivity contribution in [2.45, 2.75) is 32.6 Å².